The number of hydrogen-bond donors (Lipinski definition) is 6. The molecule has 0 atom stereocenters. The lowest BCUT2D eigenvalue weighted by Crippen LogP contribution is -3.25. The summed E-state index contributed by atoms with van der Waals surface area (Å²) in [5.41, 5.74) is -1.26. The molecule has 0 amide bonds. The van der Waals surface area contributed by atoms with Gasteiger partial charge in [0.2, 0.25) is 0 Å². The van der Waals surface area contributed by atoms with E-state index in [9.17, 15) is 29.4 Å². The van der Waals surface area contributed by atoms with Crippen LogP contribution in [-0.2, 0) is 0 Å². The molecule has 0 unspecified atom stereocenters. The third-order valence-corrected chi connectivity index (χ3v) is 4.76. The number of quaternary nitrogens is 2. The van der Waals surface area contributed by atoms with Gasteiger partial charge in [0.25, 0.3) is 0 Å². The monoisotopic (exact) mass is 514 g/mol. The molecular formula is C22H30N2O12. The fraction of sp³-hybridized carbons (Fsp3) is 0.273. The molecule has 1 saturated heterocycles. The van der Waals surface area contributed by atoms with Crippen LogP contribution < -0.4 is 20.0 Å². The van der Waals surface area contributed by atoms with E-state index in [0.717, 1.165) is 36.4 Å². The number of carboxylic acid groups (broad SMARTS) is 4. The highest BCUT2D eigenvalue weighted by Gasteiger charge is 2.14. The van der Waals surface area contributed by atoms with Crippen molar-refractivity contribution in [2.75, 3.05) is 40.3 Å². The minimum Gasteiger partial charge on any atom is -0.872 e. The van der Waals surface area contributed by atoms with Gasteiger partial charge in [0.05, 0.1) is 36.3 Å². The number of likely N-dealkylation sites (N-methyl/N-ethyl adjacent to an activating group) is 2. The number of hydrogen-bond acceptors (Lipinski definition) is 6. The second-order valence-electron chi connectivity index (χ2n) is 7.63. The number of piperazine rings is 1. The van der Waals surface area contributed by atoms with Gasteiger partial charge in [-0.05, 0) is 12.1 Å². The maximum Gasteiger partial charge on any atom is 0.335 e. The summed E-state index contributed by atoms with van der Waals surface area (Å²) in [7, 11) is 4.54. The van der Waals surface area contributed by atoms with Crippen LogP contribution in [0.25, 0.3) is 0 Å². The summed E-state index contributed by atoms with van der Waals surface area (Å²) < 4.78 is 0. The van der Waals surface area contributed by atoms with Crippen molar-refractivity contribution in [3.63, 3.8) is 0 Å². The van der Waals surface area contributed by atoms with Gasteiger partial charge in [0.1, 0.15) is 26.2 Å². The Balaban J connectivity index is 0. The molecule has 1 aliphatic heterocycles. The van der Waals surface area contributed by atoms with Crippen LogP contribution in [0.4, 0.5) is 0 Å². The molecule has 2 aromatic rings. The van der Waals surface area contributed by atoms with Gasteiger partial charge in [-0.1, -0.05) is 24.3 Å². The van der Waals surface area contributed by atoms with E-state index in [1.54, 1.807) is 9.80 Å². The molecule has 2 aromatic carbocycles. The number of nitrogens with one attached hydrogen (secondary N) is 2. The van der Waals surface area contributed by atoms with Crippen molar-refractivity contribution in [2.24, 2.45) is 0 Å². The van der Waals surface area contributed by atoms with Crippen LogP contribution in [0.2, 0.25) is 0 Å². The van der Waals surface area contributed by atoms with Gasteiger partial charge < -0.3 is 51.4 Å². The molecule has 0 aliphatic carbocycles. The molecule has 1 fully saturated rings. The first-order valence-corrected chi connectivity index (χ1v) is 10.00. The smallest absolute Gasteiger partial charge is 0.335 e. The maximum absolute atomic E-state index is 10.8. The average molecular weight is 514 g/mol. The molecule has 0 bridgehead atoms. The topological polar surface area (TPSA) is 267 Å². The van der Waals surface area contributed by atoms with Crippen molar-refractivity contribution in [3.05, 3.63) is 58.7 Å². The van der Waals surface area contributed by atoms with E-state index in [-0.39, 0.29) is 33.2 Å². The number of carbonyl (C=O) groups is 4. The Kier molecular flexibility index (Phi) is 14.7. The normalized spacial score (nSPS) is 15.7. The third kappa shape index (κ3) is 11.8. The second kappa shape index (κ2) is 15.6. The van der Waals surface area contributed by atoms with E-state index in [2.05, 4.69) is 14.1 Å². The molecule has 0 spiro atoms. The van der Waals surface area contributed by atoms with Crippen LogP contribution in [0.5, 0.6) is 11.5 Å². The van der Waals surface area contributed by atoms with Gasteiger partial charge in [-0.25, -0.2) is 19.2 Å². The quantitative estimate of drug-likeness (QED) is 0.228. The molecular weight excluding hydrogens is 484 g/mol. The summed E-state index contributed by atoms with van der Waals surface area (Å²) in [5.74, 6) is -6.53. The minimum absolute atomic E-state index is 0. The van der Waals surface area contributed by atoms with E-state index in [1.165, 1.54) is 26.2 Å². The van der Waals surface area contributed by atoms with E-state index in [4.69, 9.17) is 20.4 Å². The van der Waals surface area contributed by atoms with Gasteiger partial charge in [0, 0.05) is 0 Å². The molecule has 14 heteroatoms. The largest absolute Gasteiger partial charge is 0.872 e. The van der Waals surface area contributed by atoms with Crippen LogP contribution in [0, 0.1) is 0 Å². The molecule has 14 nitrogen and oxygen atoms in total. The van der Waals surface area contributed by atoms with Crippen LogP contribution in [0.1, 0.15) is 41.4 Å². The lowest BCUT2D eigenvalue weighted by atomic mass is 10.1. The lowest BCUT2D eigenvalue weighted by molar-refractivity contribution is -0.994. The Hall–Kier alpha value is -4.24. The molecule has 0 saturated carbocycles. The molecule has 0 aromatic heterocycles. The Bertz CT molecular complexity index is 901. The standard InChI is InChI=1S/2C8H6O5.C6H14N2.2H2O/c2*9-6-2-4(7(10)11)1-5(3-6)8(12)13;1-7-3-5-8(2)6-4-7;;/h2*1-3,9H,(H,10,11)(H,12,13);3-6H2,1-2H3;2*1H2. The summed E-state index contributed by atoms with van der Waals surface area (Å²) in [6.45, 7) is 5.41. The maximum atomic E-state index is 10.8. The molecule has 200 valence electrons. The zero-order chi connectivity index (χ0) is 26.0. The van der Waals surface area contributed by atoms with Crippen molar-refractivity contribution in [2.45, 2.75) is 0 Å². The predicted molar refractivity (Wildman–Crippen MR) is 120 cm³/mol. The van der Waals surface area contributed by atoms with Crippen molar-refractivity contribution >= 4 is 23.9 Å². The van der Waals surface area contributed by atoms with Crippen LogP contribution >= 0.6 is 0 Å². The highest BCUT2D eigenvalue weighted by atomic mass is 16.4. The Morgan fingerprint density at radius 2 is 0.750 bits per heavy atom. The number of rotatable bonds is 4. The van der Waals surface area contributed by atoms with Gasteiger partial charge >= 0.3 is 23.9 Å². The number of benzene rings is 2. The average Bonchev–Trinajstić information content (AvgIpc) is 2.75. The number of aromatic carboxylic acids is 4. The summed E-state index contributed by atoms with van der Waals surface area (Å²) in [6.07, 6.45) is 0. The van der Waals surface area contributed by atoms with Gasteiger partial charge in [0.15, 0.2) is 0 Å². The fourth-order valence-electron chi connectivity index (χ4n) is 2.80. The van der Waals surface area contributed by atoms with Gasteiger partial charge in [-0.2, -0.15) is 0 Å². The first-order chi connectivity index (χ1) is 15.8. The highest BCUT2D eigenvalue weighted by Crippen LogP contribution is 2.14. The zero-order valence-corrected chi connectivity index (χ0v) is 19.5. The van der Waals surface area contributed by atoms with Gasteiger partial charge in [-0.3, -0.25) is 0 Å². The van der Waals surface area contributed by atoms with Crippen molar-refractivity contribution in [3.8, 4) is 11.5 Å². The van der Waals surface area contributed by atoms with E-state index >= 15 is 0 Å². The van der Waals surface area contributed by atoms with Crippen molar-refractivity contribution in [1.29, 1.82) is 0 Å². The minimum atomic E-state index is -1.32. The molecule has 1 aliphatic rings. The summed E-state index contributed by atoms with van der Waals surface area (Å²) in [4.78, 5) is 45.0. The fourth-order valence-corrected chi connectivity index (χ4v) is 2.80. The Morgan fingerprint density at radius 1 is 0.556 bits per heavy atom. The molecule has 1 heterocycles. The summed E-state index contributed by atoms with van der Waals surface area (Å²) in [6, 6.07) is 5.35. The van der Waals surface area contributed by atoms with E-state index in [0.29, 0.717) is 0 Å². The van der Waals surface area contributed by atoms with E-state index in [1.807, 2.05) is 0 Å². The first kappa shape index (κ1) is 33.9. The summed E-state index contributed by atoms with van der Waals surface area (Å²) in [5, 5.41) is 55.5. The molecule has 3 rings (SSSR count). The summed E-state index contributed by atoms with van der Waals surface area (Å²) >= 11 is 0. The van der Waals surface area contributed by atoms with Crippen LogP contribution in [0.3, 0.4) is 0 Å². The SMILES string of the molecule is C[NH+]1CC[NH+](C)CC1.O.O.O=C(O)c1cc([O-])cc(C(=O)O)c1.O=C(O)c1cc([O-])cc(C(=O)O)c1. The number of carboxylic acids is 4. The molecule has 10 N–H and O–H groups in total. The second-order valence-corrected chi connectivity index (χ2v) is 7.63. The third-order valence-electron chi connectivity index (χ3n) is 4.76. The van der Waals surface area contributed by atoms with E-state index < -0.39 is 35.4 Å². The molecule has 0 radical (unpaired) electrons. The van der Waals surface area contributed by atoms with Crippen LogP contribution in [-0.4, -0.2) is 95.5 Å². The lowest BCUT2D eigenvalue weighted by Gasteiger charge is -2.23. The predicted octanol–water partition coefficient (Wildman–Crippen LogP) is -4.31. The Morgan fingerprint density at radius 3 is 0.917 bits per heavy atom. The Labute approximate surface area is 205 Å². The molecule has 36 heavy (non-hydrogen) atoms. The highest BCUT2D eigenvalue weighted by molar-refractivity contribution is 5.95. The van der Waals surface area contributed by atoms with Crippen LogP contribution in [0.15, 0.2) is 36.4 Å². The first-order valence-electron chi connectivity index (χ1n) is 10.00. The zero-order valence-electron chi connectivity index (χ0n) is 19.5. The van der Waals surface area contributed by atoms with Crippen molar-refractivity contribution in [1.82, 2.24) is 0 Å². The van der Waals surface area contributed by atoms with Gasteiger partial charge in [-0.15, -0.1) is 11.5 Å². The van der Waals surface area contributed by atoms with Crippen molar-refractivity contribution < 1.29 is 70.6 Å².